The predicted octanol–water partition coefficient (Wildman–Crippen LogP) is 3.08. The van der Waals surface area contributed by atoms with Gasteiger partial charge in [0.1, 0.15) is 5.69 Å². The fourth-order valence-electron chi connectivity index (χ4n) is 1.31. The topological polar surface area (TPSA) is 63.1 Å². The first-order valence-corrected chi connectivity index (χ1v) is 7.09. The minimum absolute atomic E-state index is 0.620. The Labute approximate surface area is 120 Å². The summed E-state index contributed by atoms with van der Waals surface area (Å²) in [6.45, 7) is 1.85. The summed E-state index contributed by atoms with van der Waals surface area (Å²) in [5, 5.41) is 13.3. The molecule has 0 unspecified atom stereocenters. The average molecular weight is 294 g/mol. The molecule has 2 aromatic rings. The molecule has 0 aliphatic carbocycles. The highest BCUT2D eigenvalue weighted by atomic mass is 35.5. The van der Waals surface area contributed by atoms with Crippen LogP contribution < -0.4 is 5.43 Å². The third-order valence-corrected chi connectivity index (χ3v) is 3.04. The molecular formula is C12H12ClN5S. The van der Waals surface area contributed by atoms with E-state index in [0.29, 0.717) is 15.9 Å². The summed E-state index contributed by atoms with van der Waals surface area (Å²) in [6.07, 6.45) is 3.48. The number of hydrogen-bond donors (Lipinski definition) is 1. The van der Waals surface area contributed by atoms with Crippen LogP contribution >= 0.6 is 23.4 Å². The van der Waals surface area contributed by atoms with E-state index < -0.39 is 0 Å². The summed E-state index contributed by atoms with van der Waals surface area (Å²) < 4.78 is 0. The number of halogens is 1. The maximum Gasteiger partial charge on any atom is 0.209 e. The van der Waals surface area contributed by atoms with Gasteiger partial charge in [0, 0.05) is 5.02 Å². The Morgan fingerprint density at radius 1 is 1.42 bits per heavy atom. The molecule has 98 valence electrons. The molecule has 0 atom stereocenters. The Morgan fingerprint density at radius 3 is 3.00 bits per heavy atom. The molecule has 0 saturated heterocycles. The summed E-state index contributed by atoms with van der Waals surface area (Å²) in [5.74, 6) is 0. The molecule has 1 N–H and O–H groups in total. The molecule has 1 heterocycles. The second-order valence-corrected chi connectivity index (χ2v) is 4.86. The predicted molar refractivity (Wildman–Crippen MR) is 78.9 cm³/mol. The molecule has 1 aromatic heterocycles. The van der Waals surface area contributed by atoms with Crippen LogP contribution in [0.3, 0.4) is 0 Å². The van der Waals surface area contributed by atoms with Crippen LogP contribution in [0.4, 0.5) is 5.69 Å². The monoisotopic (exact) mass is 293 g/mol. The molecule has 0 bridgehead atoms. The molecule has 2 rings (SSSR count). The molecule has 0 amide bonds. The minimum atomic E-state index is 0.620. The van der Waals surface area contributed by atoms with Gasteiger partial charge in [-0.25, -0.2) is 4.98 Å². The van der Waals surface area contributed by atoms with Gasteiger partial charge in [0.05, 0.1) is 17.6 Å². The number of hydrogen-bond acceptors (Lipinski definition) is 6. The quantitative estimate of drug-likeness (QED) is 0.533. The molecule has 5 nitrogen and oxygen atoms in total. The van der Waals surface area contributed by atoms with Crippen molar-refractivity contribution in [3.63, 3.8) is 0 Å². The van der Waals surface area contributed by atoms with Crippen LogP contribution in [0.1, 0.15) is 12.6 Å². The highest BCUT2D eigenvalue weighted by Crippen LogP contribution is 2.15. The van der Waals surface area contributed by atoms with E-state index in [0.717, 1.165) is 11.4 Å². The molecule has 7 heteroatoms. The van der Waals surface area contributed by atoms with Crippen molar-refractivity contribution in [2.45, 2.75) is 12.1 Å². The van der Waals surface area contributed by atoms with Crippen LogP contribution in [0.25, 0.3) is 0 Å². The summed E-state index contributed by atoms with van der Waals surface area (Å²) in [6, 6.07) is 7.34. The van der Waals surface area contributed by atoms with Crippen molar-refractivity contribution in [1.29, 1.82) is 0 Å². The van der Waals surface area contributed by atoms with E-state index in [1.807, 2.05) is 31.4 Å². The van der Waals surface area contributed by atoms with E-state index in [1.54, 1.807) is 12.3 Å². The highest BCUT2D eigenvalue weighted by molar-refractivity contribution is 7.98. The number of aromatic nitrogens is 3. The molecule has 0 saturated carbocycles. The van der Waals surface area contributed by atoms with Crippen LogP contribution in [-0.2, 0) is 0 Å². The third-order valence-electron chi connectivity index (χ3n) is 2.27. The first kappa shape index (κ1) is 13.8. The van der Waals surface area contributed by atoms with Crippen molar-refractivity contribution in [2.75, 3.05) is 11.7 Å². The van der Waals surface area contributed by atoms with Crippen LogP contribution in [0.5, 0.6) is 0 Å². The molecule has 0 spiro atoms. The summed E-state index contributed by atoms with van der Waals surface area (Å²) in [7, 11) is 0. The first-order chi connectivity index (χ1) is 9.19. The van der Waals surface area contributed by atoms with Gasteiger partial charge in [0.25, 0.3) is 0 Å². The van der Waals surface area contributed by atoms with E-state index >= 15 is 0 Å². The van der Waals surface area contributed by atoms with Crippen molar-refractivity contribution in [3.05, 3.63) is 41.2 Å². The Morgan fingerprint density at radius 2 is 2.26 bits per heavy atom. The van der Waals surface area contributed by atoms with Crippen LogP contribution in [-0.4, -0.2) is 27.1 Å². The number of nitrogens with zero attached hydrogens (tertiary/aromatic N) is 4. The lowest BCUT2D eigenvalue weighted by molar-refractivity contribution is 0.833. The maximum atomic E-state index is 5.89. The average Bonchev–Trinajstić information content (AvgIpc) is 2.45. The lowest BCUT2D eigenvalue weighted by Crippen LogP contribution is -2.05. The number of benzene rings is 1. The minimum Gasteiger partial charge on any atom is -0.278 e. The SMILES string of the molecule is CSc1nncc(/C(C)=N\Nc2cccc(Cl)c2)n1. The van der Waals surface area contributed by atoms with Crippen molar-refractivity contribution >= 4 is 34.8 Å². The normalized spacial score (nSPS) is 11.4. The van der Waals surface area contributed by atoms with E-state index in [1.165, 1.54) is 11.8 Å². The lowest BCUT2D eigenvalue weighted by atomic mass is 10.3. The zero-order chi connectivity index (χ0) is 13.7. The smallest absolute Gasteiger partial charge is 0.209 e. The molecule has 0 aliphatic rings. The van der Waals surface area contributed by atoms with Gasteiger partial charge in [0.15, 0.2) is 0 Å². The zero-order valence-corrected chi connectivity index (χ0v) is 12.0. The van der Waals surface area contributed by atoms with Gasteiger partial charge in [-0.15, -0.1) is 5.10 Å². The fraction of sp³-hybridized carbons (Fsp3) is 0.167. The van der Waals surface area contributed by atoms with Gasteiger partial charge in [-0.05, 0) is 31.4 Å². The second kappa shape index (κ2) is 6.49. The molecule has 0 radical (unpaired) electrons. The molecule has 0 fully saturated rings. The first-order valence-electron chi connectivity index (χ1n) is 5.49. The Balaban J connectivity index is 2.14. The molecule has 1 aromatic carbocycles. The maximum absolute atomic E-state index is 5.89. The van der Waals surface area contributed by atoms with Crippen LogP contribution in [0, 0.1) is 0 Å². The van der Waals surface area contributed by atoms with Gasteiger partial charge in [0.2, 0.25) is 5.16 Å². The van der Waals surface area contributed by atoms with Crippen molar-refractivity contribution < 1.29 is 0 Å². The van der Waals surface area contributed by atoms with Crippen molar-refractivity contribution in [3.8, 4) is 0 Å². The Hall–Kier alpha value is -1.66. The number of hydrazone groups is 1. The van der Waals surface area contributed by atoms with Gasteiger partial charge in [-0.1, -0.05) is 29.4 Å². The Bertz CT molecular complexity index is 602. The number of anilines is 1. The number of thioether (sulfide) groups is 1. The van der Waals surface area contributed by atoms with Gasteiger partial charge >= 0.3 is 0 Å². The molecular weight excluding hydrogens is 282 g/mol. The number of rotatable bonds is 4. The summed E-state index contributed by atoms with van der Waals surface area (Å²) in [5.41, 5.74) is 5.16. The zero-order valence-electron chi connectivity index (χ0n) is 10.5. The fourth-order valence-corrected chi connectivity index (χ4v) is 1.82. The standard InChI is InChI=1S/C12H12ClN5S/c1-8(11-7-14-18-12(15-11)19-2)16-17-10-5-3-4-9(13)6-10/h3-7,17H,1-2H3/b16-8-. The molecule has 19 heavy (non-hydrogen) atoms. The molecule has 0 aliphatic heterocycles. The Kier molecular flexibility index (Phi) is 4.70. The lowest BCUT2D eigenvalue weighted by Gasteiger charge is -2.03. The van der Waals surface area contributed by atoms with E-state index in [2.05, 4.69) is 25.7 Å². The van der Waals surface area contributed by atoms with Crippen LogP contribution in [0.15, 0.2) is 40.7 Å². The van der Waals surface area contributed by atoms with Crippen LogP contribution in [0.2, 0.25) is 5.02 Å². The summed E-state index contributed by atoms with van der Waals surface area (Å²) in [4.78, 5) is 4.31. The van der Waals surface area contributed by atoms with Crippen molar-refractivity contribution in [2.24, 2.45) is 5.10 Å². The third kappa shape index (κ3) is 3.90. The van der Waals surface area contributed by atoms with Gasteiger partial charge in [-0.2, -0.15) is 10.2 Å². The van der Waals surface area contributed by atoms with E-state index in [4.69, 9.17) is 11.6 Å². The summed E-state index contributed by atoms with van der Waals surface area (Å²) >= 11 is 7.33. The van der Waals surface area contributed by atoms with E-state index in [9.17, 15) is 0 Å². The van der Waals surface area contributed by atoms with Crippen molar-refractivity contribution in [1.82, 2.24) is 15.2 Å². The highest BCUT2D eigenvalue weighted by Gasteiger charge is 2.03. The largest absolute Gasteiger partial charge is 0.278 e. The van der Waals surface area contributed by atoms with Gasteiger partial charge in [-0.3, -0.25) is 5.43 Å². The second-order valence-electron chi connectivity index (χ2n) is 3.65. The van der Waals surface area contributed by atoms with Gasteiger partial charge < -0.3 is 0 Å². The van der Waals surface area contributed by atoms with E-state index in [-0.39, 0.29) is 0 Å². The number of nitrogens with one attached hydrogen (secondary N) is 1.